The maximum atomic E-state index is 11.4. The van der Waals surface area contributed by atoms with Crippen LogP contribution in [0, 0.1) is 17.2 Å². The van der Waals surface area contributed by atoms with E-state index in [1.165, 1.54) is 0 Å². The fraction of sp³-hybridized carbons (Fsp3) is 0.800. The summed E-state index contributed by atoms with van der Waals surface area (Å²) in [4.78, 5) is 13.0. The van der Waals surface area contributed by atoms with Crippen molar-refractivity contribution in [3.63, 3.8) is 0 Å². The van der Waals surface area contributed by atoms with Crippen molar-refractivity contribution in [2.24, 2.45) is 5.92 Å². The molecule has 0 saturated carbocycles. The molecule has 3 nitrogen and oxygen atoms in total. The quantitative estimate of drug-likeness (QED) is 0.650. The van der Waals surface area contributed by atoms with Crippen LogP contribution in [0.25, 0.3) is 0 Å². The van der Waals surface area contributed by atoms with Gasteiger partial charge in [-0.2, -0.15) is 5.26 Å². The van der Waals surface area contributed by atoms with Gasteiger partial charge in [-0.3, -0.25) is 4.79 Å². The lowest BCUT2D eigenvalue weighted by Gasteiger charge is -2.15. The summed E-state index contributed by atoms with van der Waals surface area (Å²) in [5, 5.41) is 8.33. The van der Waals surface area contributed by atoms with Gasteiger partial charge in [-0.1, -0.05) is 13.8 Å². The van der Waals surface area contributed by atoms with Gasteiger partial charge >= 0.3 is 0 Å². The summed E-state index contributed by atoms with van der Waals surface area (Å²) >= 11 is 0. The van der Waals surface area contributed by atoms with Gasteiger partial charge in [0, 0.05) is 20.0 Å². The molecule has 0 spiro atoms. The third-order valence-electron chi connectivity index (χ3n) is 1.92. The van der Waals surface area contributed by atoms with Crippen molar-refractivity contribution in [3.8, 4) is 6.07 Å². The molecule has 3 heteroatoms. The number of rotatable bonds is 5. The van der Waals surface area contributed by atoms with Gasteiger partial charge in [0.25, 0.3) is 0 Å². The standard InChI is InChI=1S/C10H18N2O/c1-9(2)5-6-10(13)12(3)8-4-7-11/h9H,4-6,8H2,1-3H3. The number of nitrogens with zero attached hydrogens (tertiary/aromatic N) is 2. The smallest absolute Gasteiger partial charge is 0.222 e. The number of amides is 1. The Kier molecular flexibility index (Phi) is 5.96. The first-order valence-corrected chi connectivity index (χ1v) is 4.68. The van der Waals surface area contributed by atoms with Gasteiger partial charge < -0.3 is 4.90 Å². The highest BCUT2D eigenvalue weighted by Gasteiger charge is 2.08. The molecular weight excluding hydrogens is 164 g/mol. The van der Waals surface area contributed by atoms with E-state index in [0.29, 0.717) is 25.3 Å². The highest BCUT2D eigenvalue weighted by atomic mass is 16.2. The summed E-state index contributed by atoms with van der Waals surface area (Å²) in [6.07, 6.45) is 1.94. The molecule has 0 aromatic heterocycles. The topological polar surface area (TPSA) is 44.1 Å². The lowest BCUT2D eigenvalue weighted by Crippen LogP contribution is -2.27. The molecular formula is C10H18N2O. The minimum atomic E-state index is 0.143. The Morgan fingerprint density at radius 2 is 2.15 bits per heavy atom. The predicted molar refractivity (Wildman–Crippen MR) is 51.9 cm³/mol. The molecule has 0 saturated heterocycles. The summed E-state index contributed by atoms with van der Waals surface area (Å²) in [6, 6.07) is 2.02. The third kappa shape index (κ3) is 6.15. The van der Waals surface area contributed by atoms with Crippen molar-refractivity contribution in [1.29, 1.82) is 5.26 Å². The van der Waals surface area contributed by atoms with E-state index in [4.69, 9.17) is 5.26 Å². The van der Waals surface area contributed by atoms with Gasteiger partial charge in [-0.05, 0) is 12.3 Å². The second-order valence-electron chi connectivity index (χ2n) is 3.66. The molecule has 0 fully saturated rings. The van der Waals surface area contributed by atoms with Crippen LogP contribution in [0.1, 0.15) is 33.1 Å². The van der Waals surface area contributed by atoms with Crippen LogP contribution in [0.5, 0.6) is 0 Å². The number of nitriles is 1. The van der Waals surface area contributed by atoms with Gasteiger partial charge in [0.15, 0.2) is 0 Å². The van der Waals surface area contributed by atoms with E-state index in [1.54, 1.807) is 11.9 Å². The molecule has 0 bridgehead atoms. The molecule has 0 aromatic rings. The zero-order valence-electron chi connectivity index (χ0n) is 8.71. The molecule has 0 aliphatic carbocycles. The fourth-order valence-electron chi connectivity index (χ4n) is 0.945. The summed E-state index contributed by atoms with van der Waals surface area (Å²) < 4.78 is 0. The lowest BCUT2D eigenvalue weighted by atomic mass is 10.1. The van der Waals surface area contributed by atoms with Gasteiger partial charge in [0.2, 0.25) is 5.91 Å². The maximum absolute atomic E-state index is 11.4. The Balaban J connectivity index is 3.64. The van der Waals surface area contributed by atoms with Crippen molar-refractivity contribution in [2.45, 2.75) is 33.1 Å². The average molecular weight is 182 g/mol. The second kappa shape index (κ2) is 6.47. The van der Waals surface area contributed by atoms with E-state index in [0.717, 1.165) is 6.42 Å². The lowest BCUT2D eigenvalue weighted by molar-refractivity contribution is -0.130. The molecule has 0 unspecified atom stereocenters. The third-order valence-corrected chi connectivity index (χ3v) is 1.92. The summed E-state index contributed by atoms with van der Waals surface area (Å²) in [7, 11) is 1.75. The molecule has 0 heterocycles. The van der Waals surface area contributed by atoms with Gasteiger partial charge in [0.05, 0.1) is 12.5 Å². The van der Waals surface area contributed by atoms with Crippen molar-refractivity contribution in [3.05, 3.63) is 0 Å². The van der Waals surface area contributed by atoms with Crippen LogP contribution in [0.2, 0.25) is 0 Å². The average Bonchev–Trinajstić information content (AvgIpc) is 2.10. The Bertz CT molecular complexity index is 194. The van der Waals surface area contributed by atoms with Crippen LogP contribution in [0.15, 0.2) is 0 Å². The van der Waals surface area contributed by atoms with Crippen LogP contribution in [0.4, 0.5) is 0 Å². The minimum absolute atomic E-state index is 0.143. The first kappa shape index (κ1) is 12.0. The van der Waals surface area contributed by atoms with E-state index in [1.807, 2.05) is 6.07 Å². The Hall–Kier alpha value is -1.04. The highest BCUT2D eigenvalue weighted by molar-refractivity contribution is 5.75. The molecule has 0 aliphatic rings. The zero-order chi connectivity index (χ0) is 10.3. The van der Waals surface area contributed by atoms with Crippen LogP contribution in [-0.4, -0.2) is 24.4 Å². The minimum Gasteiger partial charge on any atom is -0.345 e. The molecule has 0 radical (unpaired) electrons. The number of carbonyl (C=O) groups excluding carboxylic acids is 1. The van der Waals surface area contributed by atoms with E-state index in [2.05, 4.69) is 13.8 Å². The predicted octanol–water partition coefficient (Wildman–Crippen LogP) is 1.79. The largest absolute Gasteiger partial charge is 0.345 e. The number of hydrogen-bond acceptors (Lipinski definition) is 2. The molecule has 0 aliphatic heterocycles. The molecule has 74 valence electrons. The molecule has 0 atom stereocenters. The maximum Gasteiger partial charge on any atom is 0.222 e. The van der Waals surface area contributed by atoms with E-state index in [9.17, 15) is 4.79 Å². The van der Waals surface area contributed by atoms with Crippen LogP contribution in [-0.2, 0) is 4.79 Å². The molecule has 0 rings (SSSR count). The van der Waals surface area contributed by atoms with Crippen molar-refractivity contribution < 1.29 is 4.79 Å². The van der Waals surface area contributed by atoms with Crippen LogP contribution < -0.4 is 0 Å². The first-order valence-electron chi connectivity index (χ1n) is 4.68. The summed E-state index contributed by atoms with van der Waals surface area (Å²) in [6.45, 7) is 4.75. The van der Waals surface area contributed by atoms with Crippen molar-refractivity contribution in [2.75, 3.05) is 13.6 Å². The molecule has 1 amide bonds. The fourth-order valence-corrected chi connectivity index (χ4v) is 0.945. The summed E-state index contributed by atoms with van der Waals surface area (Å²) in [5.41, 5.74) is 0. The Labute approximate surface area is 80.3 Å². The van der Waals surface area contributed by atoms with E-state index >= 15 is 0 Å². The van der Waals surface area contributed by atoms with Gasteiger partial charge in [-0.15, -0.1) is 0 Å². The van der Waals surface area contributed by atoms with Crippen LogP contribution in [0.3, 0.4) is 0 Å². The van der Waals surface area contributed by atoms with E-state index < -0.39 is 0 Å². The molecule has 0 aromatic carbocycles. The SMILES string of the molecule is CC(C)CCC(=O)N(C)CCC#N. The highest BCUT2D eigenvalue weighted by Crippen LogP contribution is 2.05. The monoisotopic (exact) mass is 182 g/mol. The number of carbonyl (C=O) groups is 1. The van der Waals surface area contributed by atoms with Crippen molar-refractivity contribution in [1.82, 2.24) is 4.90 Å². The first-order chi connectivity index (χ1) is 6.07. The molecule has 13 heavy (non-hydrogen) atoms. The Morgan fingerprint density at radius 3 is 2.62 bits per heavy atom. The van der Waals surface area contributed by atoms with Gasteiger partial charge in [0.1, 0.15) is 0 Å². The Morgan fingerprint density at radius 1 is 1.54 bits per heavy atom. The second-order valence-corrected chi connectivity index (χ2v) is 3.66. The van der Waals surface area contributed by atoms with E-state index in [-0.39, 0.29) is 5.91 Å². The molecule has 0 N–H and O–H groups in total. The van der Waals surface area contributed by atoms with Gasteiger partial charge in [-0.25, -0.2) is 0 Å². The normalized spacial score (nSPS) is 9.77. The number of hydrogen-bond donors (Lipinski definition) is 0. The zero-order valence-corrected chi connectivity index (χ0v) is 8.71. The van der Waals surface area contributed by atoms with Crippen molar-refractivity contribution >= 4 is 5.91 Å². The van der Waals surface area contributed by atoms with Crippen LogP contribution >= 0.6 is 0 Å². The summed E-state index contributed by atoms with van der Waals surface area (Å²) in [5.74, 6) is 0.706.